The molecule has 1 saturated heterocycles. The fourth-order valence-electron chi connectivity index (χ4n) is 8.39. The lowest BCUT2D eigenvalue weighted by Crippen LogP contribution is -2.61. The van der Waals surface area contributed by atoms with E-state index in [0.717, 1.165) is 64.4 Å². The minimum absolute atomic E-state index is 0.00603. The maximum atomic E-state index is 13.0. The van der Waals surface area contributed by atoms with Crippen LogP contribution in [0.4, 0.5) is 4.79 Å². The second kappa shape index (κ2) is 12.5. The minimum Gasteiger partial charge on any atom is -0.392 e. The molecule has 2 amide bonds. The van der Waals surface area contributed by atoms with Crippen molar-refractivity contribution in [2.75, 3.05) is 5.75 Å². The molecule has 4 aliphatic carbocycles. The molecule has 234 valence electrons. The van der Waals surface area contributed by atoms with Crippen LogP contribution in [0, 0.1) is 23.7 Å². The first-order valence-corrected chi connectivity index (χ1v) is 17.0. The summed E-state index contributed by atoms with van der Waals surface area (Å²) in [6, 6.07) is 16.1. The van der Waals surface area contributed by atoms with E-state index in [1.54, 1.807) is 18.1 Å². The second-order valence-electron chi connectivity index (χ2n) is 13.6. The van der Waals surface area contributed by atoms with Crippen LogP contribution in [0.2, 0.25) is 0 Å². The number of hydrogen-bond donors (Lipinski definition) is 3. The maximum Gasteiger partial charge on any atom is 0.315 e. The highest BCUT2D eigenvalue weighted by molar-refractivity contribution is 7.99. The van der Waals surface area contributed by atoms with E-state index in [1.807, 2.05) is 60.1 Å². The summed E-state index contributed by atoms with van der Waals surface area (Å²) in [6.07, 6.45) is 8.41. The Morgan fingerprint density at radius 2 is 1.61 bits per heavy atom. The van der Waals surface area contributed by atoms with Crippen molar-refractivity contribution in [1.82, 2.24) is 25.4 Å². The molecular formula is C34H43N5O4S. The zero-order valence-electron chi connectivity index (χ0n) is 25.5. The second-order valence-corrected chi connectivity index (χ2v) is 14.6. The standard InChI is InChI=1S/C34H43N5O4S/c1-21-29(19-44-33-38-36-20-39(33)2)42-31(43-30(21)27-7-5-23(18-40)6-8-27)28-9-3-22(4-10-28)17-35-32(41)37-34-14-24-11-25(15-34)13-26(12-24)16-34/h3-10,20-21,24-26,29-31,40H,11-19H2,1-2H3,(H2,35,37,41)/t21-,24?,25?,26?,29+,30+,31+,34?/m0/s1. The summed E-state index contributed by atoms with van der Waals surface area (Å²) in [5.74, 6) is 3.19. The molecule has 4 bridgehead atoms. The van der Waals surface area contributed by atoms with Crippen LogP contribution in [-0.4, -0.2) is 43.3 Å². The van der Waals surface area contributed by atoms with Crippen molar-refractivity contribution in [1.29, 1.82) is 0 Å². The molecule has 8 rings (SSSR count). The molecule has 9 nitrogen and oxygen atoms in total. The molecule has 4 atom stereocenters. The molecule has 0 spiro atoms. The largest absolute Gasteiger partial charge is 0.392 e. The van der Waals surface area contributed by atoms with Gasteiger partial charge in [-0.25, -0.2) is 4.79 Å². The summed E-state index contributed by atoms with van der Waals surface area (Å²) >= 11 is 1.63. The first-order chi connectivity index (χ1) is 21.4. The summed E-state index contributed by atoms with van der Waals surface area (Å²) < 4.78 is 15.1. The Balaban J connectivity index is 1.00. The number of aliphatic hydroxyl groups is 1. The molecule has 3 N–H and O–H groups in total. The number of ether oxygens (including phenoxy) is 2. The fourth-order valence-corrected chi connectivity index (χ4v) is 9.44. The molecule has 3 aromatic rings. The van der Waals surface area contributed by atoms with Crippen LogP contribution < -0.4 is 10.6 Å². The van der Waals surface area contributed by atoms with Gasteiger partial charge in [-0.3, -0.25) is 0 Å². The van der Waals surface area contributed by atoms with Gasteiger partial charge in [-0.05, 0) is 73.0 Å². The lowest BCUT2D eigenvalue weighted by molar-refractivity contribution is -0.268. The lowest BCUT2D eigenvalue weighted by Gasteiger charge is -2.56. The average Bonchev–Trinajstić information content (AvgIpc) is 3.43. The smallest absolute Gasteiger partial charge is 0.315 e. The number of benzene rings is 2. The van der Waals surface area contributed by atoms with Gasteiger partial charge >= 0.3 is 6.03 Å². The van der Waals surface area contributed by atoms with E-state index in [-0.39, 0.29) is 36.3 Å². The monoisotopic (exact) mass is 617 g/mol. The first-order valence-electron chi connectivity index (χ1n) is 16.0. The molecule has 2 heterocycles. The quantitative estimate of drug-likeness (QED) is 0.266. The zero-order chi connectivity index (χ0) is 30.3. The van der Waals surface area contributed by atoms with Gasteiger partial charge in [0.25, 0.3) is 0 Å². The number of urea groups is 1. The molecule has 44 heavy (non-hydrogen) atoms. The maximum absolute atomic E-state index is 13.0. The number of carbonyl (C=O) groups excluding carboxylic acids is 1. The van der Waals surface area contributed by atoms with E-state index in [4.69, 9.17) is 9.47 Å². The number of aryl methyl sites for hydroxylation is 1. The van der Waals surface area contributed by atoms with Gasteiger partial charge in [-0.2, -0.15) is 0 Å². The van der Waals surface area contributed by atoms with E-state index in [2.05, 4.69) is 27.8 Å². The molecule has 2 aromatic carbocycles. The highest BCUT2D eigenvalue weighted by atomic mass is 32.2. The minimum atomic E-state index is -0.541. The van der Waals surface area contributed by atoms with Gasteiger partial charge in [0, 0.05) is 36.4 Å². The van der Waals surface area contributed by atoms with Crippen LogP contribution in [0.3, 0.4) is 0 Å². The van der Waals surface area contributed by atoms with Gasteiger partial charge < -0.3 is 29.8 Å². The van der Waals surface area contributed by atoms with Crippen LogP contribution in [0.5, 0.6) is 0 Å². The van der Waals surface area contributed by atoms with Crippen molar-refractivity contribution < 1.29 is 19.4 Å². The third-order valence-corrected chi connectivity index (χ3v) is 11.4. The van der Waals surface area contributed by atoms with Crippen LogP contribution in [0.25, 0.3) is 0 Å². The van der Waals surface area contributed by atoms with Gasteiger partial charge in [0.1, 0.15) is 6.33 Å². The average molecular weight is 618 g/mol. The van der Waals surface area contributed by atoms with Crippen LogP contribution >= 0.6 is 11.8 Å². The molecule has 10 heteroatoms. The molecule has 0 radical (unpaired) electrons. The van der Waals surface area contributed by atoms with Crippen molar-refractivity contribution >= 4 is 17.8 Å². The normalized spacial score (nSPS) is 32.5. The van der Waals surface area contributed by atoms with Gasteiger partial charge in [0.2, 0.25) is 0 Å². The molecular weight excluding hydrogens is 574 g/mol. The van der Waals surface area contributed by atoms with Crippen molar-refractivity contribution in [3.05, 3.63) is 77.1 Å². The van der Waals surface area contributed by atoms with Crippen LogP contribution in [-0.2, 0) is 29.7 Å². The Morgan fingerprint density at radius 3 is 2.23 bits per heavy atom. The Hall–Kier alpha value is -2.92. The Kier molecular flexibility index (Phi) is 8.43. The summed E-state index contributed by atoms with van der Waals surface area (Å²) in [5, 5.41) is 25.1. The highest BCUT2D eigenvalue weighted by Gasteiger charge is 2.51. The van der Waals surface area contributed by atoms with Gasteiger partial charge in [0.05, 0.1) is 18.8 Å². The number of aromatic nitrogens is 3. The lowest BCUT2D eigenvalue weighted by atomic mass is 9.53. The summed E-state index contributed by atoms with van der Waals surface area (Å²) in [4.78, 5) is 13.0. The van der Waals surface area contributed by atoms with Crippen LogP contribution in [0.1, 0.15) is 80.1 Å². The van der Waals surface area contributed by atoms with E-state index in [1.165, 1.54) is 19.3 Å². The Bertz CT molecular complexity index is 1410. The number of thioether (sulfide) groups is 1. The van der Waals surface area contributed by atoms with Gasteiger partial charge in [-0.15, -0.1) is 10.2 Å². The van der Waals surface area contributed by atoms with Crippen molar-refractivity contribution in [2.24, 2.45) is 30.7 Å². The number of nitrogens with one attached hydrogen (secondary N) is 2. The predicted octanol–water partition coefficient (Wildman–Crippen LogP) is 5.66. The molecule has 0 unspecified atom stereocenters. The Morgan fingerprint density at radius 1 is 0.977 bits per heavy atom. The third kappa shape index (κ3) is 6.27. The Labute approximate surface area is 263 Å². The van der Waals surface area contributed by atoms with Crippen molar-refractivity contribution in [2.45, 2.75) is 87.8 Å². The van der Waals surface area contributed by atoms with E-state index in [0.29, 0.717) is 12.3 Å². The number of rotatable bonds is 9. The molecule has 4 saturated carbocycles. The summed E-state index contributed by atoms with van der Waals surface area (Å²) in [5.41, 5.74) is 3.90. The SMILES string of the molecule is C[C@H]1[C@@H](CSc2nncn2C)O[C@@H](c2ccc(CNC(=O)NC34CC5CC(CC(C5)C3)C4)cc2)O[C@H]1c1ccc(CO)cc1. The van der Waals surface area contributed by atoms with E-state index in [9.17, 15) is 9.90 Å². The van der Waals surface area contributed by atoms with E-state index < -0.39 is 6.29 Å². The topological polar surface area (TPSA) is 111 Å². The van der Waals surface area contributed by atoms with Crippen molar-refractivity contribution in [3.63, 3.8) is 0 Å². The fraction of sp³-hybridized carbons (Fsp3) is 0.559. The number of carbonyl (C=O) groups is 1. The van der Waals surface area contributed by atoms with Gasteiger partial charge in [0.15, 0.2) is 11.4 Å². The summed E-state index contributed by atoms with van der Waals surface area (Å²) in [7, 11) is 1.94. The molecule has 5 aliphatic rings. The van der Waals surface area contributed by atoms with Crippen LogP contribution in [0.15, 0.2) is 60.0 Å². The number of aliphatic hydroxyl groups excluding tert-OH is 1. The first kappa shape index (κ1) is 29.8. The zero-order valence-corrected chi connectivity index (χ0v) is 26.3. The van der Waals surface area contributed by atoms with Gasteiger partial charge in [-0.1, -0.05) is 67.2 Å². The predicted molar refractivity (Wildman–Crippen MR) is 167 cm³/mol. The molecule has 1 aliphatic heterocycles. The third-order valence-electron chi connectivity index (χ3n) is 10.3. The highest BCUT2D eigenvalue weighted by Crippen LogP contribution is 2.55. The molecule has 5 fully saturated rings. The van der Waals surface area contributed by atoms with E-state index >= 15 is 0 Å². The number of hydrogen-bond acceptors (Lipinski definition) is 7. The van der Waals surface area contributed by atoms with Crippen molar-refractivity contribution in [3.8, 4) is 0 Å². The molecule has 1 aromatic heterocycles. The number of nitrogens with zero attached hydrogens (tertiary/aromatic N) is 3. The summed E-state index contributed by atoms with van der Waals surface area (Å²) in [6.45, 7) is 2.64. The number of amides is 2.